The summed E-state index contributed by atoms with van der Waals surface area (Å²) < 4.78 is 27.2. The molecule has 0 aliphatic carbocycles. The van der Waals surface area contributed by atoms with Gasteiger partial charge < -0.3 is 5.32 Å². The van der Waals surface area contributed by atoms with Crippen LogP contribution in [-0.4, -0.2) is 49.7 Å². The fourth-order valence-corrected chi connectivity index (χ4v) is 6.06. The Balaban J connectivity index is 1.27. The van der Waals surface area contributed by atoms with Crippen LogP contribution in [0.2, 0.25) is 0 Å². The van der Waals surface area contributed by atoms with E-state index in [2.05, 4.69) is 28.4 Å². The van der Waals surface area contributed by atoms with Gasteiger partial charge in [-0.1, -0.05) is 42.0 Å². The molecular formula is C25H33N3O3S. The summed E-state index contributed by atoms with van der Waals surface area (Å²) >= 11 is 0. The van der Waals surface area contributed by atoms with Crippen molar-refractivity contribution in [1.82, 2.24) is 14.5 Å². The molecule has 0 spiro atoms. The van der Waals surface area contributed by atoms with E-state index in [-0.39, 0.29) is 11.8 Å². The van der Waals surface area contributed by atoms with Crippen LogP contribution in [-0.2, 0) is 27.9 Å². The Morgan fingerprint density at radius 3 is 2.31 bits per heavy atom. The fraction of sp³-hybridized carbons (Fsp3) is 0.480. The second kappa shape index (κ2) is 10.1. The predicted octanol–water partition coefficient (Wildman–Crippen LogP) is 3.31. The maximum atomic E-state index is 12.9. The van der Waals surface area contributed by atoms with Crippen LogP contribution < -0.4 is 5.32 Å². The molecule has 2 aromatic rings. The molecule has 1 amide bonds. The van der Waals surface area contributed by atoms with Crippen LogP contribution in [0.15, 0.2) is 53.4 Å². The van der Waals surface area contributed by atoms with E-state index in [0.29, 0.717) is 37.4 Å². The molecule has 32 heavy (non-hydrogen) atoms. The monoisotopic (exact) mass is 455 g/mol. The first-order chi connectivity index (χ1) is 15.4. The minimum Gasteiger partial charge on any atom is -0.352 e. The summed E-state index contributed by atoms with van der Waals surface area (Å²) in [4.78, 5) is 15.5. The van der Waals surface area contributed by atoms with Gasteiger partial charge in [0.05, 0.1) is 4.90 Å². The number of piperidine rings is 1. The average molecular weight is 456 g/mol. The van der Waals surface area contributed by atoms with Gasteiger partial charge in [-0.2, -0.15) is 4.31 Å². The van der Waals surface area contributed by atoms with Gasteiger partial charge in [0.1, 0.15) is 0 Å². The first kappa shape index (κ1) is 23.0. The number of carbonyl (C=O) groups is 1. The van der Waals surface area contributed by atoms with Crippen molar-refractivity contribution >= 4 is 15.9 Å². The van der Waals surface area contributed by atoms with E-state index in [0.717, 1.165) is 17.7 Å². The second-order valence-corrected chi connectivity index (χ2v) is 11.0. The Morgan fingerprint density at radius 2 is 1.62 bits per heavy atom. The Labute approximate surface area is 191 Å². The molecule has 7 heteroatoms. The van der Waals surface area contributed by atoms with Gasteiger partial charge in [0.2, 0.25) is 15.9 Å². The van der Waals surface area contributed by atoms with E-state index in [1.807, 2.05) is 25.1 Å². The van der Waals surface area contributed by atoms with Gasteiger partial charge in [0, 0.05) is 32.1 Å². The van der Waals surface area contributed by atoms with E-state index in [1.165, 1.54) is 35.8 Å². The number of hydrogen-bond donors (Lipinski definition) is 1. The highest BCUT2D eigenvalue weighted by molar-refractivity contribution is 7.89. The lowest BCUT2D eigenvalue weighted by atomic mass is 9.97. The zero-order valence-electron chi connectivity index (χ0n) is 18.8. The van der Waals surface area contributed by atoms with Crippen molar-refractivity contribution in [3.05, 3.63) is 65.2 Å². The van der Waals surface area contributed by atoms with E-state index >= 15 is 0 Å². The van der Waals surface area contributed by atoms with Crippen LogP contribution in [0.5, 0.6) is 0 Å². The molecule has 2 aliphatic heterocycles. The highest BCUT2D eigenvalue weighted by Crippen LogP contribution is 2.24. The summed E-state index contributed by atoms with van der Waals surface area (Å²) in [5.74, 6) is -0.130. The number of hydrogen-bond acceptors (Lipinski definition) is 4. The standard InChI is InChI=1S/C25H33N3O3S/c1-20-7-9-24(10-8-20)32(30,31)28-15-11-23(12-16-28)25(29)26-18-21-5-4-6-22(17-21)19-27-13-2-3-14-27/h4-10,17,23H,2-3,11-16,18-19H2,1H3,(H,26,29). The van der Waals surface area contributed by atoms with Gasteiger partial charge in [-0.3, -0.25) is 9.69 Å². The molecule has 0 saturated carbocycles. The number of carbonyl (C=O) groups excluding carboxylic acids is 1. The topological polar surface area (TPSA) is 69.7 Å². The zero-order valence-corrected chi connectivity index (χ0v) is 19.6. The van der Waals surface area contributed by atoms with Crippen molar-refractivity contribution in [2.75, 3.05) is 26.2 Å². The second-order valence-electron chi connectivity index (χ2n) is 9.01. The zero-order chi connectivity index (χ0) is 22.6. The van der Waals surface area contributed by atoms with Gasteiger partial charge in [0.15, 0.2) is 0 Å². The molecule has 4 rings (SSSR count). The minimum absolute atomic E-state index is 0.0160. The van der Waals surface area contributed by atoms with Crippen molar-refractivity contribution in [2.24, 2.45) is 5.92 Å². The molecule has 2 heterocycles. The normalized spacial score (nSPS) is 18.7. The molecule has 2 fully saturated rings. The Hall–Kier alpha value is -2.22. The summed E-state index contributed by atoms with van der Waals surface area (Å²) in [5.41, 5.74) is 3.42. The van der Waals surface area contributed by atoms with Crippen LogP contribution in [0.3, 0.4) is 0 Å². The van der Waals surface area contributed by atoms with Crippen LogP contribution in [0.4, 0.5) is 0 Å². The number of sulfonamides is 1. The third kappa shape index (κ3) is 5.57. The van der Waals surface area contributed by atoms with Crippen molar-refractivity contribution < 1.29 is 13.2 Å². The molecule has 1 N–H and O–H groups in total. The molecular weight excluding hydrogens is 422 g/mol. The fourth-order valence-electron chi connectivity index (χ4n) is 4.59. The van der Waals surface area contributed by atoms with Crippen molar-refractivity contribution in [2.45, 2.75) is 50.6 Å². The molecule has 0 aromatic heterocycles. The van der Waals surface area contributed by atoms with E-state index in [9.17, 15) is 13.2 Å². The lowest BCUT2D eigenvalue weighted by Gasteiger charge is -2.30. The summed E-state index contributed by atoms with van der Waals surface area (Å²) in [6.45, 7) is 6.49. The minimum atomic E-state index is -3.50. The highest BCUT2D eigenvalue weighted by Gasteiger charge is 2.32. The van der Waals surface area contributed by atoms with E-state index in [1.54, 1.807) is 12.1 Å². The molecule has 0 unspecified atom stereocenters. The maximum Gasteiger partial charge on any atom is 0.243 e. The smallest absolute Gasteiger partial charge is 0.243 e. The van der Waals surface area contributed by atoms with Crippen molar-refractivity contribution in [3.8, 4) is 0 Å². The largest absolute Gasteiger partial charge is 0.352 e. The lowest BCUT2D eigenvalue weighted by molar-refractivity contribution is -0.126. The van der Waals surface area contributed by atoms with Gasteiger partial charge in [-0.15, -0.1) is 0 Å². The quantitative estimate of drug-likeness (QED) is 0.696. The Morgan fingerprint density at radius 1 is 0.969 bits per heavy atom. The van der Waals surface area contributed by atoms with Gasteiger partial charge in [0.25, 0.3) is 0 Å². The van der Waals surface area contributed by atoms with E-state index < -0.39 is 10.0 Å². The Kier molecular flexibility index (Phi) is 7.28. The van der Waals surface area contributed by atoms with Gasteiger partial charge in [-0.25, -0.2) is 8.42 Å². The number of aryl methyl sites for hydroxylation is 1. The summed E-state index contributed by atoms with van der Waals surface area (Å²) in [7, 11) is -3.50. The molecule has 2 aliphatic rings. The Bertz CT molecular complexity index is 1020. The third-order valence-corrected chi connectivity index (χ3v) is 8.46. The third-order valence-electron chi connectivity index (χ3n) is 6.55. The van der Waals surface area contributed by atoms with Crippen LogP contribution in [0, 0.1) is 12.8 Å². The molecule has 0 radical (unpaired) electrons. The van der Waals surface area contributed by atoms with Crippen LogP contribution in [0.1, 0.15) is 42.4 Å². The maximum absolute atomic E-state index is 12.9. The molecule has 2 aromatic carbocycles. The van der Waals surface area contributed by atoms with E-state index in [4.69, 9.17) is 0 Å². The molecule has 172 valence electrons. The lowest BCUT2D eigenvalue weighted by Crippen LogP contribution is -2.42. The summed E-state index contributed by atoms with van der Waals surface area (Å²) in [5, 5.41) is 3.06. The first-order valence-corrected chi connectivity index (χ1v) is 13.0. The number of amides is 1. The SMILES string of the molecule is Cc1ccc(S(=O)(=O)N2CCC(C(=O)NCc3cccc(CN4CCCC4)c3)CC2)cc1. The number of nitrogens with zero attached hydrogens (tertiary/aromatic N) is 2. The molecule has 2 saturated heterocycles. The first-order valence-electron chi connectivity index (χ1n) is 11.6. The van der Waals surface area contributed by atoms with Crippen LogP contribution in [0.25, 0.3) is 0 Å². The molecule has 0 bridgehead atoms. The average Bonchev–Trinajstić information content (AvgIpc) is 3.31. The number of likely N-dealkylation sites (tertiary alicyclic amines) is 1. The number of nitrogens with one attached hydrogen (secondary N) is 1. The van der Waals surface area contributed by atoms with Crippen molar-refractivity contribution in [1.29, 1.82) is 0 Å². The van der Waals surface area contributed by atoms with Crippen LogP contribution >= 0.6 is 0 Å². The molecule has 0 atom stereocenters. The highest BCUT2D eigenvalue weighted by atomic mass is 32.2. The predicted molar refractivity (Wildman–Crippen MR) is 125 cm³/mol. The molecule has 6 nitrogen and oxygen atoms in total. The summed E-state index contributed by atoms with van der Waals surface area (Å²) in [6, 6.07) is 15.4. The number of benzene rings is 2. The van der Waals surface area contributed by atoms with Gasteiger partial charge in [-0.05, 0) is 69.0 Å². The number of rotatable bonds is 7. The van der Waals surface area contributed by atoms with Crippen molar-refractivity contribution in [3.63, 3.8) is 0 Å². The van der Waals surface area contributed by atoms with Gasteiger partial charge >= 0.3 is 0 Å². The summed E-state index contributed by atoms with van der Waals surface area (Å²) in [6.07, 6.45) is 3.65.